The summed E-state index contributed by atoms with van der Waals surface area (Å²) < 4.78 is 0. The summed E-state index contributed by atoms with van der Waals surface area (Å²) in [5.74, 6) is -0.0936. The van der Waals surface area contributed by atoms with Crippen LogP contribution in [0.15, 0.2) is 12.4 Å². The minimum atomic E-state index is -0.510. The molecule has 1 aromatic heterocycles. The topological polar surface area (TPSA) is 93.8 Å². The average Bonchev–Trinajstić information content (AvgIpc) is 2.19. The van der Waals surface area contributed by atoms with Gasteiger partial charge in [0.25, 0.3) is 0 Å². The first-order valence-corrected chi connectivity index (χ1v) is 4.44. The summed E-state index contributed by atoms with van der Waals surface area (Å²) in [5.41, 5.74) is 5.59. The van der Waals surface area contributed by atoms with E-state index in [1.165, 1.54) is 12.4 Å². The Hall–Kier alpha value is -1.56. The van der Waals surface area contributed by atoms with Crippen molar-refractivity contribution in [1.29, 1.82) is 0 Å². The van der Waals surface area contributed by atoms with Crippen LogP contribution in [-0.4, -0.2) is 27.1 Å². The molecular weight excluding hydrogens is 182 g/mol. The Morgan fingerprint density at radius 1 is 1.64 bits per heavy atom. The monoisotopic (exact) mass is 195 g/mol. The van der Waals surface area contributed by atoms with Crippen molar-refractivity contribution in [2.24, 2.45) is 5.73 Å². The number of amides is 1. The number of nitrogens with one attached hydrogen (secondary N) is 1. The lowest BCUT2D eigenvalue weighted by molar-refractivity contribution is -0.117. The van der Waals surface area contributed by atoms with Gasteiger partial charge in [-0.1, -0.05) is 13.3 Å². The first-order valence-electron chi connectivity index (χ1n) is 4.44. The van der Waals surface area contributed by atoms with Crippen LogP contribution in [0.4, 0.5) is 5.95 Å². The minimum Gasteiger partial charge on any atom is -0.320 e. The van der Waals surface area contributed by atoms with Crippen LogP contribution in [0.1, 0.15) is 19.8 Å². The zero-order valence-electron chi connectivity index (χ0n) is 7.97. The molecule has 0 aromatic carbocycles. The van der Waals surface area contributed by atoms with E-state index in [4.69, 9.17) is 5.73 Å². The van der Waals surface area contributed by atoms with Crippen LogP contribution in [0.3, 0.4) is 0 Å². The van der Waals surface area contributed by atoms with Gasteiger partial charge in [0.1, 0.15) is 0 Å². The lowest BCUT2D eigenvalue weighted by Gasteiger charge is -2.08. The Kier molecular flexibility index (Phi) is 3.93. The van der Waals surface area contributed by atoms with Crippen molar-refractivity contribution in [2.45, 2.75) is 25.8 Å². The summed E-state index contributed by atoms with van der Waals surface area (Å²) in [4.78, 5) is 15.2. The highest BCUT2D eigenvalue weighted by atomic mass is 16.2. The van der Waals surface area contributed by atoms with E-state index >= 15 is 0 Å². The molecule has 76 valence electrons. The zero-order valence-corrected chi connectivity index (χ0v) is 7.97. The minimum absolute atomic E-state index is 0.184. The second-order valence-electron chi connectivity index (χ2n) is 2.85. The third-order valence-corrected chi connectivity index (χ3v) is 1.65. The molecule has 0 aliphatic carbocycles. The maximum atomic E-state index is 11.4. The third-order valence-electron chi connectivity index (χ3n) is 1.65. The lowest BCUT2D eigenvalue weighted by Crippen LogP contribution is -2.35. The summed E-state index contributed by atoms with van der Waals surface area (Å²) in [5, 5.41) is 9.67. The van der Waals surface area contributed by atoms with Crippen molar-refractivity contribution >= 4 is 11.9 Å². The molecule has 6 heteroatoms. The van der Waals surface area contributed by atoms with E-state index < -0.39 is 6.04 Å². The van der Waals surface area contributed by atoms with Crippen LogP contribution >= 0.6 is 0 Å². The molecule has 14 heavy (non-hydrogen) atoms. The average molecular weight is 195 g/mol. The number of nitrogens with two attached hydrogens (primary N) is 1. The molecule has 1 rings (SSSR count). The molecule has 0 aliphatic heterocycles. The molecule has 3 N–H and O–H groups in total. The molecule has 0 saturated carbocycles. The van der Waals surface area contributed by atoms with Crippen LogP contribution in [0.25, 0.3) is 0 Å². The molecule has 0 aliphatic rings. The van der Waals surface area contributed by atoms with Crippen molar-refractivity contribution in [2.75, 3.05) is 5.32 Å². The quantitative estimate of drug-likeness (QED) is 0.701. The summed E-state index contributed by atoms with van der Waals surface area (Å²) in [7, 11) is 0. The number of anilines is 1. The van der Waals surface area contributed by atoms with E-state index in [-0.39, 0.29) is 11.9 Å². The molecular formula is C8H13N5O. The van der Waals surface area contributed by atoms with Crippen LogP contribution in [-0.2, 0) is 4.79 Å². The second kappa shape index (κ2) is 5.23. The van der Waals surface area contributed by atoms with Gasteiger partial charge < -0.3 is 5.73 Å². The molecule has 1 amide bonds. The van der Waals surface area contributed by atoms with Crippen molar-refractivity contribution in [1.82, 2.24) is 15.2 Å². The van der Waals surface area contributed by atoms with Gasteiger partial charge >= 0.3 is 0 Å². The first-order chi connectivity index (χ1) is 6.74. The fourth-order valence-corrected chi connectivity index (χ4v) is 0.950. The van der Waals surface area contributed by atoms with Gasteiger partial charge in [-0.25, -0.2) is 4.98 Å². The number of aromatic nitrogens is 3. The van der Waals surface area contributed by atoms with Crippen LogP contribution in [0.2, 0.25) is 0 Å². The fraction of sp³-hybridized carbons (Fsp3) is 0.500. The fourth-order valence-electron chi connectivity index (χ4n) is 0.950. The van der Waals surface area contributed by atoms with Crippen LogP contribution < -0.4 is 11.1 Å². The molecule has 0 fully saturated rings. The highest BCUT2D eigenvalue weighted by Gasteiger charge is 2.12. The number of rotatable bonds is 4. The normalized spacial score (nSPS) is 12.1. The van der Waals surface area contributed by atoms with Gasteiger partial charge in [0.05, 0.1) is 18.4 Å². The number of carbonyl (C=O) groups is 1. The molecule has 6 nitrogen and oxygen atoms in total. The van der Waals surface area contributed by atoms with Gasteiger partial charge in [0, 0.05) is 0 Å². The maximum absolute atomic E-state index is 11.4. The molecule has 0 bridgehead atoms. The predicted octanol–water partition coefficient (Wildman–Crippen LogP) is -0.0625. The molecule has 0 radical (unpaired) electrons. The third kappa shape index (κ3) is 3.06. The number of nitrogens with zero attached hydrogens (tertiary/aromatic N) is 3. The van der Waals surface area contributed by atoms with Crippen molar-refractivity contribution in [3.63, 3.8) is 0 Å². The van der Waals surface area contributed by atoms with Crippen molar-refractivity contribution in [3.8, 4) is 0 Å². The Labute approximate surface area is 81.9 Å². The van der Waals surface area contributed by atoms with Crippen LogP contribution in [0.5, 0.6) is 0 Å². The van der Waals surface area contributed by atoms with Gasteiger partial charge in [0.2, 0.25) is 11.9 Å². The van der Waals surface area contributed by atoms with Crippen molar-refractivity contribution < 1.29 is 4.79 Å². The Morgan fingerprint density at radius 2 is 2.43 bits per heavy atom. The Bertz CT molecular complexity index is 289. The maximum Gasteiger partial charge on any atom is 0.249 e. The van der Waals surface area contributed by atoms with Gasteiger partial charge in [-0.3, -0.25) is 10.1 Å². The lowest BCUT2D eigenvalue weighted by atomic mass is 10.2. The van der Waals surface area contributed by atoms with E-state index in [0.717, 1.165) is 6.42 Å². The SMILES string of the molecule is CCC[C@H](N)C(=O)Nc1nccnn1. The smallest absolute Gasteiger partial charge is 0.249 e. The Balaban J connectivity index is 2.49. The predicted molar refractivity (Wildman–Crippen MR) is 51.3 cm³/mol. The van der Waals surface area contributed by atoms with E-state index in [1.807, 2.05) is 6.92 Å². The number of carbonyl (C=O) groups excluding carboxylic acids is 1. The van der Waals surface area contributed by atoms with Crippen molar-refractivity contribution in [3.05, 3.63) is 12.4 Å². The summed E-state index contributed by atoms with van der Waals surface area (Å²) in [6.45, 7) is 1.97. The van der Waals surface area contributed by atoms with Gasteiger partial charge in [-0.05, 0) is 6.42 Å². The van der Waals surface area contributed by atoms with Gasteiger partial charge in [-0.15, -0.1) is 5.10 Å². The van der Waals surface area contributed by atoms with E-state index in [2.05, 4.69) is 20.5 Å². The second-order valence-corrected chi connectivity index (χ2v) is 2.85. The Morgan fingerprint density at radius 3 is 3.00 bits per heavy atom. The molecule has 1 aromatic rings. The summed E-state index contributed by atoms with van der Waals surface area (Å²) in [6.07, 6.45) is 4.39. The van der Waals surface area contributed by atoms with Crippen LogP contribution in [0, 0.1) is 0 Å². The number of hydrogen-bond donors (Lipinski definition) is 2. The van der Waals surface area contributed by atoms with E-state index in [9.17, 15) is 4.79 Å². The first kappa shape index (κ1) is 10.5. The molecule has 0 saturated heterocycles. The summed E-state index contributed by atoms with van der Waals surface area (Å²) in [6, 6.07) is -0.510. The van der Waals surface area contributed by atoms with E-state index in [0.29, 0.717) is 6.42 Å². The number of hydrogen-bond acceptors (Lipinski definition) is 5. The molecule has 0 spiro atoms. The summed E-state index contributed by atoms with van der Waals surface area (Å²) >= 11 is 0. The van der Waals surface area contributed by atoms with Gasteiger partial charge in [-0.2, -0.15) is 5.10 Å². The zero-order chi connectivity index (χ0) is 10.4. The molecule has 0 unspecified atom stereocenters. The van der Waals surface area contributed by atoms with Gasteiger partial charge in [0.15, 0.2) is 0 Å². The highest BCUT2D eigenvalue weighted by molar-refractivity contribution is 5.93. The standard InChI is InChI=1S/C8H13N5O/c1-2-3-6(9)7(14)12-8-10-4-5-11-13-8/h4-6H,2-3,9H2,1H3,(H,10,12,13,14)/t6-/m0/s1. The largest absolute Gasteiger partial charge is 0.320 e. The highest BCUT2D eigenvalue weighted by Crippen LogP contribution is 1.98. The molecule has 1 heterocycles. The van der Waals surface area contributed by atoms with E-state index in [1.54, 1.807) is 0 Å². The molecule has 1 atom stereocenters.